The number of hydrogen-bond acceptors (Lipinski definition) is 2. The Morgan fingerprint density at radius 1 is 1.20 bits per heavy atom. The second-order valence-electron chi connectivity index (χ2n) is 3.43. The Morgan fingerprint density at radius 3 is 2.60 bits per heavy atom. The zero-order valence-corrected chi connectivity index (χ0v) is 5.92. The molecule has 0 amide bonds. The van der Waals surface area contributed by atoms with Crippen LogP contribution in [0.2, 0.25) is 0 Å². The van der Waals surface area contributed by atoms with E-state index in [2.05, 4.69) is 0 Å². The summed E-state index contributed by atoms with van der Waals surface area (Å²) in [6.45, 7) is 0. The number of rotatable bonds is 0. The molecular weight excluding hydrogens is 128 g/mol. The topological polar surface area (TPSA) is 37.3 Å². The van der Waals surface area contributed by atoms with E-state index in [-0.39, 0.29) is 12.0 Å². The van der Waals surface area contributed by atoms with Crippen molar-refractivity contribution in [3.8, 4) is 0 Å². The van der Waals surface area contributed by atoms with Crippen LogP contribution in [0.4, 0.5) is 0 Å². The van der Waals surface area contributed by atoms with Crippen molar-refractivity contribution in [2.24, 2.45) is 11.8 Å². The highest BCUT2D eigenvalue weighted by molar-refractivity contribution is 5.86. The third-order valence-corrected chi connectivity index (χ3v) is 2.87. The van der Waals surface area contributed by atoms with E-state index in [0.29, 0.717) is 11.7 Å². The number of carbonyl (C=O) groups excluding carboxylic acids is 1. The van der Waals surface area contributed by atoms with E-state index in [1.165, 1.54) is 0 Å². The molecule has 0 unspecified atom stereocenters. The molecule has 0 spiro atoms. The van der Waals surface area contributed by atoms with Gasteiger partial charge in [-0.1, -0.05) is 0 Å². The van der Waals surface area contributed by atoms with Crippen LogP contribution in [0.3, 0.4) is 0 Å². The van der Waals surface area contributed by atoms with Crippen molar-refractivity contribution in [2.45, 2.75) is 31.8 Å². The second-order valence-corrected chi connectivity index (χ2v) is 3.43. The Hall–Kier alpha value is -0.370. The van der Waals surface area contributed by atoms with Crippen LogP contribution in [0.5, 0.6) is 0 Å². The number of fused-ring (bicyclic) bond motifs is 2. The molecule has 56 valence electrons. The molecule has 0 aromatic rings. The molecule has 0 saturated heterocycles. The van der Waals surface area contributed by atoms with E-state index in [0.717, 1.165) is 25.7 Å². The maximum Gasteiger partial charge on any atom is 0.141 e. The van der Waals surface area contributed by atoms with Crippen molar-refractivity contribution in [1.29, 1.82) is 0 Å². The lowest BCUT2D eigenvalue weighted by molar-refractivity contribution is -0.129. The van der Waals surface area contributed by atoms with Gasteiger partial charge < -0.3 is 5.11 Å². The van der Waals surface area contributed by atoms with E-state index in [1.54, 1.807) is 0 Å². The smallest absolute Gasteiger partial charge is 0.141 e. The minimum Gasteiger partial charge on any atom is -0.392 e. The van der Waals surface area contributed by atoms with Crippen molar-refractivity contribution in [1.82, 2.24) is 0 Å². The van der Waals surface area contributed by atoms with Crippen molar-refractivity contribution >= 4 is 5.78 Å². The fraction of sp³-hybridized carbons (Fsp3) is 0.875. The average molecular weight is 140 g/mol. The summed E-state index contributed by atoms with van der Waals surface area (Å²) in [7, 11) is 0. The maximum atomic E-state index is 11.2. The number of ketones is 1. The summed E-state index contributed by atoms with van der Waals surface area (Å²) in [5, 5.41) is 9.35. The highest BCUT2D eigenvalue weighted by Gasteiger charge is 2.42. The summed E-state index contributed by atoms with van der Waals surface area (Å²) in [6.07, 6.45) is 3.43. The summed E-state index contributed by atoms with van der Waals surface area (Å²) in [5.74, 6) is 0.658. The summed E-state index contributed by atoms with van der Waals surface area (Å²) in [6, 6.07) is 0. The van der Waals surface area contributed by atoms with Gasteiger partial charge in [-0.2, -0.15) is 0 Å². The molecule has 2 aliphatic rings. The molecule has 0 radical (unpaired) electrons. The Bertz CT molecular complexity index is 165. The molecule has 2 nitrogen and oxygen atoms in total. The number of aliphatic hydroxyl groups excluding tert-OH is 1. The molecule has 0 aliphatic heterocycles. The first-order valence-corrected chi connectivity index (χ1v) is 4.01. The number of hydrogen-bond donors (Lipinski definition) is 1. The van der Waals surface area contributed by atoms with Gasteiger partial charge in [0.25, 0.3) is 0 Å². The fourth-order valence-corrected chi connectivity index (χ4v) is 2.21. The van der Waals surface area contributed by atoms with Crippen LogP contribution in [-0.4, -0.2) is 17.0 Å². The largest absolute Gasteiger partial charge is 0.392 e. The molecule has 0 heterocycles. The predicted molar refractivity (Wildman–Crippen MR) is 36.5 cm³/mol. The summed E-state index contributed by atoms with van der Waals surface area (Å²) >= 11 is 0. The molecular formula is C8H12O2. The van der Waals surface area contributed by atoms with E-state index in [1.807, 2.05) is 0 Å². The molecule has 2 rings (SSSR count). The summed E-state index contributed by atoms with van der Waals surface area (Å²) in [4.78, 5) is 11.2. The first-order valence-electron chi connectivity index (χ1n) is 4.01. The Balaban J connectivity index is 2.20. The standard InChI is InChI=1S/C8H12O2/c9-7-4-2-5-1-3-6(7)8(5)10/h5-7,9H,1-4H2/t5-,6-,7-/m0/s1. The van der Waals surface area contributed by atoms with Crippen LogP contribution >= 0.6 is 0 Å². The molecule has 10 heavy (non-hydrogen) atoms. The van der Waals surface area contributed by atoms with Gasteiger partial charge in [-0.05, 0) is 25.7 Å². The second kappa shape index (κ2) is 2.06. The first kappa shape index (κ1) is 6.35. The lowest BCUT2D eigenvalue weighted by atomic mass is 9.86. The van der Waals surface area contributed by atoms with Crippen LogP contribution in [0.25, 0.3) is 0 Å². The van der Waals surface area contributed by atoms with Gasteiger partial charge in [0, 0.05) is 11.8 Å². The lowest BCUT2D eigenvalue weighted by Gasteiger charge is -2.22. The van der Waals surface area contributed by atoms with Gasteiger partial charge in [0.2, 0.25) is 0 Å². The van der Waals surface area contributed by atoms with Gasteiger partial charge in [0.15, 0.2) is 0 Å². The van der Waals surface area contributed by atoms with Gasteiger partial charge in [-0.15, -0.1) is 0 Å². The number of carbonyl (C=O) groups is 1. The Kier molecular flexibility index (Phi) is 1.31. The molecule has 0 aromatic heterocycles. The zero-order valence-electron chi connectivity index (χ0n) is 5.92. The van der Waals surface area contributed by atoms with Gasteiger partial charge in [0.1, 0.15) is 5.78 Å². The molecule has 2 heteroatoms. The van der Waals surface area contributed by atoms with Crippen LogP contribution in [0, 0.1) is 11.8 Å². The Morgan fingerprint density at radius 2 is 1.90 bits per heavy atom. The van der Waals surface area contributed by atoms with Crippen molar-refractivity contribution in [3.63, 3.8) is 0 Å². The molecule has 3 atom stereocenters. The molecule has 2 aliphatic carbocycles. The minimum absolute atomic E-state index is 0.0127. The van der Waals surface area contributed by atoms with E-state index < -0.39 is 0 Å². The van der Waals surface area contributed by atoms with Crippen LogP contribution in [-0.2, 0) is 4.79 Å². The molecule has 2 saturated carbocycles. The van der Waals surface area contributed by atoms with E-state index in [9.17, 15) is 9.90 Å². The first-order chi connectivity index (χ1) is 4.79. The highest BCUT2D eigenvalue weighted by Crippen LogP contribution is 2.38. The lowest BCUT2D eigenvalue weighted by Crippen LogP contribution is -2.31. The molecule has 2 bridgehead atoms. The molecule has 0 aromatic carbocycles. The summed E-state index contributed by atoms with van der Waals surface area (Å²) in [5.41, 5.74) is 0. The monoisotopic (exact) mass is 140 g/mol. The van der Waals surface area contributed by atoms with E-state index in [4.69, 9.17) is 0 Å². The maximum absolute atomic E-state index is 11.2. The predicted octanol–water partition coefficient (Wildman–Crippen LogP) is 0.736. The minimum atomic E-state index is -0.314. The third kappa shape index (κ3) is 0.717. The quantitative estimate of drug-likeness (QED) is 0.538. The van der Waals surface area contributed by atoms with Crippen molar-refractivity contribution < 1.29 is 9.90 Å². The van der Waals surface area contributed by atoms with Gasteiger partial charge >= 0.3 is 0 Å². The van der Waals surface area contributed by atoms with Crippen LogP contribution < -0.4 is 0 Å². The number of Topliss-reactive ketones (excluding diaryl/α,β-unsaturated/α-hetero) is 1. The Labute approximate surface area is 60.2 Å². The van der Waals surface area contributed by atoms with Gasteiger partial charge in [-0.3, -0.25) is 4.79 Å². The molecule has 1 N–H and O–H groups in total. The zero-order chi connectivity index (χ0) is 7.14. The highest BCUT2D eigenvalue weighted by atomic mass is 16.3. The summed E-state index contributed by atoms with van der Waals surface area (Å²) < 4.78 is 0. The fourth-order valence-electron chi connectivity index (χ4n) is 2.21. The van der Waals surface area contributed by atoms with Crippen LogP contribution in [0.1, 0.15) is 25.7 Å². The van der Waals surface area contributed by atoms with E-state index >= 15 is 0 Å². The van der Waals surface area contributed by atoms with Crippen LogP contribution in [0.15, 0.2) is 0 Å². The third-order valence-electron chi connectivity index (χ3n) is 2.87. The van der Waals surface area contributed by atoms with Crippen molar-refractivity contribution in [3.05, 3.63) is 0 Å². The normalized spacial score (nSPS) is 46.1. The van der Waals surface area contributed by atoms with Gasteiger partial charge in [-0.25, -0.2) is 0 Å². The van der Waals surface area contributed by atoms with Crippen molar-refractivity contribution in [2.75, 3.05) is 0 Å². The number of aliphatic hydroxyl groups is 1. The average Bonchev–Trinajstić information content (AvgIpc) is 2.13. The van der Waals surface area contributed by atoms with Gasteiger partial charge in [0.05, 0.1) is 6.10 Å². The SMILES string of the molecule is O=C1[C@H]2CC[C@H]1[C@@H](O)CC2. The molecule has 2 fully saturated rings.